The zero-order chi connectivity index (χ0) is 15.5. The zero-order valence-corrected chi connectivity index (χ0v) is 12.9. The molecule has 2 nitrogen and oxygen atoms in total. The molecular formula is C16H11ClF2N2S. The van der Waals surface area contributed by atoms with Crippen LogP contribution in [0.25, 0.3) is 11.1 Å². The number of thiazole rings is 1. The van der Waals surface area contributed by atoms with Crippen LogP contribution < -0.4 is 5.32 Å². The van der Waals surface area contributed by atoms with Crippen molar-refractivity contribution in [2.45, 2.75) is 6.54 Å². The molecular weight excluding hydrogens is 326 g/mol. The van der Waals surface area contributed by atoms with Gasteiger partial charge in [0.1, 0.15) is 11.6 Å². The smallest absolute Gasteiger partial charge is 0.183 e. The van der Waals surface area contributed by atoms with E-state index < -0.39 is 11.6 Å². The van der Waals surface area contributed by atoms with Crippen molar-refractivity contribution in [1.29, 1.82) is 0 Å². The summed E-state index contributed by atoms with van der Waals surface area (Å²) in [5.41, 5.74) is 2.01. The first-order valence-corrected chi connectivity index (χ1v) is 7.71. The van der Waals surface area contributed by atoms with E-state index in [1.165, 1.54) is 23.5 Å². The molecule has 22 heavy (non-hydrogen) atoms. The minimum Gasteiger partial charge on any atom is -0.380 e. The lowest BCUT2D eigenvalue weighted by molar-refractivity contribution is 0.584. The molecule has 0 saturated heterocycles. The fraction of sp³-hybridized carbons (Fsp3) is 0.0625. The maximum atomic E-state index is 13.4. The summed E-state index contributed by atoms with van der Waals surface area (Å²) in [6.07, 6.45) is 1.70. The van der Waals surface area contributed by atoms with Crippen molar-refractivity contribution in [3.63, 3.8) is 0 Å². The number of para-hydroxylation sites is 1. The third-order valence-corrected chi connectivity index (χ3v) is 4.19. The molecule has 1 heterocycles. The van der Waals surface area contributed by atoms with Gasteiger partial charge in [0.15, 0.2) is 4.47 Å². The summed E-state index contributed by atoms with van der Waals surface area (Å²) in [6.45, 7) is 0.541. The molecule has 0 amide bonds. The fourth-order valence-corrected chi connectivity index (χ4v) is 3.06. The van der Waals surface area contributed by atoms with Crippen molar-refractivity contribution in [3.8, 4) is 11.1 Å². The van der Waals surface area contributed by atoms with Gasteiger partial charge in [0.05, 0.1) is 6.54 Å². The van der Waals surface area contributed by atoms with Gasteiger partial charge in [-0.25, -0.2) is 13.8 Å². The minimum atomic E-state index is -0.598. The summed E-state index contributed by atoms with van der Waals surface area (Å²) >= 11 is 7.19. The Balaban J connectivity index is 1.89. The normalized spacial score (nSPS) is 10.7. The second kappa shape index (κ2) is 6.42. The van der Waals surface area contributed by atoms with Crippen LogP contribution in [0.3, 0.4) is 0 Å². The first-order chi connectivity index (χ1) is 10.6. The van der Waals surface area contributed by atoms with Gasteiger partial charge in [-0.15, -0.1) is 11.3 Å². The highest BCUT2D eigenvalue weighted by Crippen LogP contribution is 2.30. The van der Waals surface area contributed by atoms with Crippen LogP contribution in [0.5, 0.6) is 0 Å². The number of rotatable bonds is 4. The Kier molecular flexibility index (Phi) is 4.36. The highest BCUT2D eigenvalue weighted by Gasteiger charge is 2.08. The molecule has 0 radical (unpaired) electrons. The molecule has 0 aliphatic rings. The summed E-state index contributed by atoms with van der Waals surface area (Å²) in [5, 5.41) is 3.25. The van der Waals surface area contributed by atoms with Crippen LogP contribution in [0.2, 0.25) is 4.47 Å². The molecule has 0 fully saturated rings. The molecule has 1 N–H and O–H groups in total. The van der Waals surface area contributed by atoms with E-state index in [0.29, 0.717) is 16.6 Å². The van der Waals surface area contributed by atoms with Crippen molar-refractivity contribution < 1.29 is 8.78 Å². The van der Waals surface area contributed by atoms with Crippen LogP contribution in [0.4, 0.5) is 14.5 Å². The van der Waals surface area contributed by atoms with Crippen LogP contribution in [0.1, 0.15) is 4.88 Å². The lowest BCUT2D eigenvalue weighted by Crippen LogP contribution is -1.99. The Morgan fingerprint density at radius 1 is 1.09 bits per heavy atom. The van der Waals surface area contributed by atoms with E-state index in [-0.39, 0.29) is 0 Å². The molecule has 2 aromatic carbocycles. The molecule has 0 spiro atoms. The number of aromatic nitrogens is 1. The van der Waals surface area contributed by atoms with Gasteiger partial charge in [-0.05, 0) is 23.8 Å². The maximum absolute atomic E-state index is 13.4. The zero-order valence-electron chi connectivity index (χ0n) is 11.3. The lowest BCUT2D eigenvalue weighted by atomic mass is 10.0. The maximum Gasteiger partial charge on any atom is 0.183 e. The average molecular weight is 337 g/mol. The number of halogens is 3. The molecule has 0 aliphatic carbocycles. The van der Waals surface area contributed by atoms with E-state index in [1.807, 2.05) is 24.3 Å². The van der Waals surface area contributed by atoms with E-state index in [9.17, 15) is 8.78 Å². The van der Waals surface area contributed by atoms with Crippen molar-refractivity contribution >= 4 is 28.6 Å². The van der Waals surface area contributed by atoms with E-state index in [1.54, 1.807) is 6.20 Å². The van der Waals surface area contributed by atoms with Crippen molar-refractivity contribution in [2.75, 3.05) is 5.32 Å². The van der Waals surface area contributed by atoms with Gasteiger partial charge >= 0.3 is 0 Å². The van der Waals surface area contributed by atoms with Crippen LogP contribution in [0.15, 0.2) is 48.7 Å². The van der Waals surface area contributed by atoms with Gasteiger partial charge in [0, 0.05) is 28.4 Å². The highest BCUT2D eigenvalue weighted by atomic mass is 35.5. The number of nitrogens with one attached hydrogen (secondary N) is 1. The monoisotopic (exact) mass is 336 g/mol. The topological polar surface area (TPSA) is 24.9 Å². The average Bonchev–Trinajstić information content (AvgIpc) is 2.90. The van der Waals surface area contributed by atoms with Gasteiger partial charge in [-0.1, -0.05) is 29.8 Å². The summed E-state index contributed by atoms with van der Waals surface area (Å²) in [4.78, 5) is 4.95. The lowest BCUT2D eigenvalue weighted by Gasteiger charge is -2.11. The van der Waals surface area contributed by atoms with Gasteiger partial charge in [0.2, 0.25) is 0 Å². The molecule has 0 aliphatic heterocycles. The van der Waals surface area contributed by atoms with Crippen LogP contribution in [-0.2, 0) is 6.54 Å². The van der Waals surface area contributed by atoms with E-state index in [4.69, 9.17) is 11.6 Å². The predicted molar refractivity (Wildman–Crippen MR) is 86.2 cm³/mol. The number of hydrogen-bond donors (Lipinski definition) is 1. The molecule has 0 unspecified atom stereocenters. The Bertz CT molecular complexity index is 784. The van der Waals surface area contributed by atoms with Crippen LogP contribution >= 0.6 is 22.9 Å². The number of anilines is 1. The molecule has 1 aromatic heterocycles. The fourth-order valence-electron chi connectivity index (χ4n) is 2.15. The largest absolute Gasteiger partial charge is 0.380 e. The molecule has 0 saturated carbocycles. The third kappa shape index (κ3) is 3.43. The van der Waals surface area contributed by atoms with Gasteiger partial charge in [-0.2, -0.15) is 0 Å². The summed E-state index contributed by atoms with van der Waals surface area (Å²) in [7, 11) is 0. The molecule has 3 rings (SSSR count). The van der Waals surface area contributed by atoms with Gasteiger partial charge < -0.3 is 5.32 Å². The Morgan fingerprint density at radius 2 is 1.82 bits per heavy atom. The Morgan fingerprint density at radius 3 is 2.50 bits per heavy atom. The second-order valence-electron chi connectivity index (χ2n) is 4.64. The minimum absolute atomic E-state index is 0.484. The van der Waals surface area contributed by atoms with E-state index >= 15 is 0 Å². The summed E-state index contributed by atoms with van der Waals surface area (Å²) in [6, 6.07) is 10.9. The molecule has 0 atom stereocenters. The predicted octanol–water partition coefficient (Wildman–Crippen LogP) is 5.35. The number of nitrogens with zero attached hydrogens (tertiary/aromatic N) is 1. The molecule has 0 bridgehead atoms. The van der Waals surface area contributed by atoms with Crippen LogP contribution in [-0.4, -0.2) is 4.98 Å². The summed E-state index contributed by atoms with van der Waals surface area (Å²) < 4.78 is 27.3. The first-order valence-electron chi connectivity index (χ1n) is 6.51. The van der Waals surface area contributed by atoms with Crippen molar-refractivity contribution in [2.24, 2.45) is 0 Å². The van der Waals surface area contributed by atoms with Gasteiger partial charge in [-0.3, -0.25) is 0 Å². The Hall–Kier alpha value is -1.98. The number of benzene rings is 2. The van der Waals surface area contributed by atoms with Crippen molar-refractivity contribution in [3.05, 3.63) is 69.6 Å². The SMILES string of the molecule is Fc1cc(F)cc(-c2ccccc2NCc2cnc(Cl)s2)c1. The summed E-state index contributed by atoms with van der Waals surface area (Å²) in [5.74, 6) is -1.20. The van der Waals surface area contributed by atoms with E-state index in [2.05, 4.69) is 10.3 Å². The first kappa shape index (κ1) is 14.9. The second-order valence-corrected chi connectivity index (χ2v) is 6.33. The molecule has 3 aromatic rings. The van der Waals surface area contributed by atoms with Gasteiger partial charge in [0.25, 0.3) is 0 Å². The number of hydrogen-bond acceptors (Lipinski definition) is 3. The quantitative estimate of drug-likeness (QED) is 0.694. The van der Waals surface area contributed by atoms with Crippen molar-refractivity contribution in [1.82, 2.24) is 4.98 Å². The molecule has 112 valence electrons. The van der Waals surface area contributed by atoms with Crippen LogP contribution in [0, 0.1) is 11.6 Å². The standard InChI is InChI=1S/C16H11ClF2N2S/c17-16-21-9-13(22-16)8-20-15-4-2-1-3-14(15)10-5-11(18)7-12(19)6-10/h1-7,9,20H,8H2. The van der Waals surface area contributed by atoms with E-state index in [0.717, 1.165) is 22.2 Å². The molecule has 6 heteroatoms. The third-order valence-electron chi connectivity index (χ3n) is 3.08. The highest BCUT2D eigenvalue weighted by molar-refractivity contribution is 7.15. The Labute approximate surface area is 135 Å².